The standard InChI is InChI=1S/C12H14O4/c1-4-6-8-12(10(13)14,9-7-5-2)11(15)16-3/h8-9H2,1-3H3,(H,13,14). The summed E-state index contributed by atoms with van der Waals surface area (Å²) in [5.41, 5.74) is -1.68. The van der Waals surface area contributed by atoms with E-state index >= 15 is 0 Å². The Morgan fingerprint density at radius 1 is 1.19 bits per heavy atom. The number of rotatable bonds is 4. The molecule has 0 heterocycles. The number of esters is 1. The quantitative estimate of drug-likeness (QED) is 0.439. The fraction of sp³-hybridized carbons (Fsp3) is 0.500. The first-order valence-corrected chi connectivity index (χ1v) is 4.66. The van der Waals surface area contributed by atoms with Crippen LogP contribution in [0.5, 0.6) is 0 Å². The molecule has 0 aromatic heterocycles. The van der Waals surface area contributed by atoms with Crippen molar-refractivity contribution < 1.29 is 19.4 Å². The Kier molecular flexibility index (Phi) is 5.74. The summed E-state index contributed by atoms with van der Waals surface area (Å²) >= 11 is 0. The maximum Gasteiger partial charge on any atom is 0.325 e. The smallest absolute Gasteiger partial charge is 0.325 e. The van der Waals surface area contributed by atoms with Crippen LogP contribution in [0.25, 0.3) is 0 Å². The van der Waals surface area contributed by atoms with Gasteiger partial charge in [-0.3, -0.25) is 9.59 Å². The first kappa shape index (κ1) is 14.1. The molecule has 0 bridgehead atoms. The van der Waals surface area contributed by atoms with Gasteiger partial charge in [0.25, 0.3) is 0 Å². The second-order valence-electron chi connectivity index (χ2n) is 3.09. The second kappa shape index (κ2) is 6.53. The van der Waals surface area contributed by atoms with Gasteiger partial charge in [-0.1, -0.05) is 0 Å². The van der Waals surface area contributed by atoms with Crippen molar-refractivity contribution in [2.75, 3.05) is 7.11 Å². The molecule has 0 fully saturated rings. The molecule has 0 saturated heterocycles. The Hall–Kier alpha value is -1.94. The Bertz CT molecular complexity index is 365. The Morgan fingerprint density at radius 3 is 1.88 bits per heavy atom. The van der Waals surface area contributed by atoms with Crippen LogP contribution in [-0.2, 0) is 14.3 Å². The van der Waals surface area contributed by atoms with Crippen LogP contribution in [0.3, 0.4) is 0 Å². The maximum atomic E-state index is 11.5. The van der Waals surface area contributed by atoms with E-state index in [2.05, 4.69) is 28.4 Å². The van der Waals surface area contributed by atoms with Crippen molar-refractivity contribution in [1.82, 2.24) is 0 Å². The van der Waals surface area contributed by atoms with Crippen LogP contribution in [0.4, 0.5) is 0 Å². The van der Waals surface area contributed by atoms with E-state index in [-0.39, 0.29) is 12.8 Å². The molecule has 0 aromatic carbocycles. The molecule has 0 aliphatic heterocycles. The lowest BCUT2D eigenvalue weighted by molar-refractivity contribution is -0.166. The summed E-state index contributed by atoms with van der Waals surface area (Å²) in [6.45, 7) is 3.16. The lowest BCUT2D eigenvalue weighted by Crippen LogP contribution is -2.39. The lowest BCUT2D eigenvalue weighted by atomic mass is 9.81. The zero-order valence-electron chi connectivity index (χ0n) is 9.59. The fourth-order valence-electron chi connectivity index (χ4n) is 1.12. The fourth-order valence-corrected chi connectivity index (χ4v) is 1.12. The first-order valence-electron chi connectivity index (χ1n) is 4.66. The number of ether oxygens (including phenoxy) is 1. The summed E-state index contributed by atoms with van der Waals surface area (Å²) in [7, 11) is 1.15. The summed E-state index contributed by atoms with van der Waals surface area (Å²) in [6, 6.07) is 0. The largest absolute Gasteiger partial charge is 0.480 e. The maximum absolute atomic E-state index is 11.5. The molecule has 0 amide bonds. The van der Waals surface area contributed by atoms with Crippen molar-refractivity contribution in [2.45, 2.75) is 26.7 Å². The van der Waals surface area contributed by atoms with Gasteiger partial charge in [0.2, 0.25) is 0 Å². The molecule has 0 radical (unpaired) electrons. The summed E-state index contributed by atoms with van der Waals surface area (Å²) in [5.74, 6) is 8.24. The zero-order chi connectivity index (χ0) is 12.6. The predicted molar refractivity (Wildman–Crippen MR) is 58.2 cm³/mol. The average molecular weight is 222 g/mol. The minimum absolute atomic E-state index is 0.0970. The molecule has 0 saturated carbocycles. The molecule has 0 unspecified atom stereocenters. The SMILES string of the molecule is CC#CCC(CC#CC)(C(=O)O)C(=O)OC. The monoisotopic (exact) mass is 222 g/mol. The number of carbonyl (C=O) groups is 2. The van der Waals surface area contributed by atoms with E-state index in [0.717, 1.165) is 7.11 Å². The lowest BCUT2D eigenvalue weighted by Gasteiger charge is -2.21. The van der Waals surface area contributed by atoms with Crippen molar-refractivity contribution in [3.05, 3.63) is 0 Å². The minimum Gasteiger partial charge on any atom is -0.480 e. The highest BCUT2D eigenvalue weighted by Crippen LogP contribution is 2.28. The molecule has 16 heavy (non-hydrogen) atoms. The summed E-state index contributed by atoms with van der Waals surface area (Å²) in [6.07, 6.45) is -0.194. The highest BCUT2D eigenvalue weighted by atomic mass is 16.5. The number of methoxy groups -OCH3 is 1. The van der Waals surface area contributed by atoms with Crippen LogP contribution in [0.1, 0.15) is 26.7 Å². The Morgan fingerprint density at radius 2 is 1.62 bits per heavy atom. The molecule has 1 N–H and O–H groups in total. The third kappa shape index (κ3) is 3.03. The van der Waals surface area contributed by atoms with Gasteiger partial charge in [-0.2, -0.15) is 0 Å². The van der Waals surface area contributed by atoms with Crippen LogP contribution in [0, 0.1) is 29.1 Å². The number of hydrogen-bond acceptors (Lipinski definition) is 3. The Labute approximate surface area is 95.0 Å². The molecule has 0 spiro atoms. The van der Waals surface area contributed by atoms with E-state index in [0.29, 0.717) is 0 Å². The third-order valence-electron chi connectivity index (χ3n) is 2.12. The van der Waals surface area contributed by atoms with Crippen molar-refractivity contribution in [1.29, 1.82) is 0 Å². The highest BCUT2D eigenvalue weighted by molar-refractivity contribution is 5.99. The molecule has 86 valence electrons. The van der Waals surface area contributed by atoms with Crippen molar-refractivity contribution in [2.24, 2.45) is 5.41 Å². The predicted octanol–water partition coefficient (Wildman–Crippen LogP) is 1.06. The average Bonchev–Trinajstić information content (AvgIpc) is 2.28. The molecule has 0 atom stereocenters. The van der Waals surface area contributed by atoms with Gasteiger partial charge in [0.1, 0.15) is 0 Å². The minimum atomic E-state index is -1.68. The van der Waals surface area contributed by atoms with Gasteiger partial charge < -0.3 is 9.84 Å². The van der Waals surface area contributed by atoms with Crippen LogP contribution in [0.2, 0.25) is 0 Å². The van der Waals surface area contributed by atoms with Gasteiger partial charge >= 0.3 is 11.9 Å². The van der Waals surface area contributed by atoms with Gasteiger partial charge in [-0.05, 0) is 13.8 Å². The molecule has 4 heteroatoms. The number of carboxylic acids is 1. The molecule has 0 aromatic rings. The molecule has 0 aliphatic rings. The van der Waals surface area contributed by atoms with E-state index in [1.54, 1.807) is 13.8 Å². The number of hydrogen-bond donors (Lipinski definition) is 1. The van der Waals surface area contributed by atoms with Gasteiger partial charge in [0, 0.05) is 12.8 Å². The number of aliphatic carboxylic acids is 1. The Balaban J connectivity index is 5.31. The third-order valence-corrected chi connectivity index (χ3v) is 2.12. The van der Waals surface area contributed by atoms with Gasteiger partial charge in [-0.15, -0.1) is 23.7 Å². The summed E-state index contributed by atoms with van der Waals surface area (Å²) < 4.78 is 4.52. The summed E-state index contributed by atoms with van der Waals surface area (Å²) in [5, 5.41) is 9.14. The molecular formula is C12H14O4. The van der Waals surface area contributed by atoms with E-state index in [4.69, 9.17) is 5.11 Å². The number of carboxylic acid groups (broad SMARTS) is 1. The van der Waals surface area contributed by atoms with Gasteiger partial charge in [-0.25, -0.2) is 0 Å². The van der Waals surface area contributed by atoms with Crippen LogP contribution in [-0.4, -0.2) is 24.2 Å². The van der Waals surface area contributed by atoms with Crippen LogP contribution >= 0.6 is 0 Å². The summed E-state index contributed by atoms with van der Waals surface area (Å²) in [4.78, 5) is 22.7. The van der Waals surface area contributed by atoms with Crippen molar-refractivity contribution in [3.8, 4) is 23.7 Å². The number of carbonyl (C=O) groups excluding carboxylic acids is 1. The highest BCUT2D eigenvalue weighted by Gasteiger charge is 2.46. The van der Waals surface area contributed by atoms with Gasteiger partial charge in [0.05, 0.1) is 7.11 Å². The second-order valence-corrected chi connectivity index (χ2v) is 3.09. The van der Waals surface area contributed by atoms with E-state index in [9.17, 15) is 9.59 Å². The van der Waals surface area contributed by atoms with E-state index < -0.39 is 17.4 Å². The normalized spacial score (nSPS) is 9.19. The van der Waals surface area contributed by atoms with Crippen LogP contribution < -0.4 is 0 Å². The van der Waals surface area contributed by atoms with Crippen molar-refractivity contribution in [3.63, 3.8) is 0 Å². The zero-order valence-corrected chi connectivity index (χ0v) is 9.59. The molecule has 0 rings (SSSR count). The van der Waals surface area contributed by atoms with Crippen molar-refractivity contribution >= 4 is 11.9 Å². The first-order chi connectivity index (χ1) is 7.55. The topological polar surface area (TPSA) is 63.6 Å². The van der Waals surface area contributed by atoms with E-state index in [1.807, 2.05) is 0 Å². The van der Waals surface area contributed by atoms with Gasteiger partial charge in [0.15, 0.2) is 5.41 Å². The molecular weight excluding hydrogens is 208 g/mol. The van der Waals surface area contributed by atoms with Crippen LogP contribution in [0.15, 0.2) is 0 Å². The molecule has 0 aliphatic carbocycles. The van der Waals surface area contributed by atoms with E-state index in [1.165, 1.54) is 0 Å². The molecule has 4 nitrogen and oxygen atoms in total.